The van der Waals surface area contributed by atoms with Gasteiger partial charge in [0, 0.05) is 17.8 Å². The number of carbonyl (C=O) groups excluding carboxylic acids is 1. The van der Waals surface area contributed by atoms with Crippen molar-refractivity contribution < 1.29 is 13.2 Å². The third-order valence-electron chi connectivity index (χ3n) is 5.13. The highest BCUT2D eigenvalue weighted by atomic mass is 32.2. The number of anilines is 2. The largest absolute Gasteiger partial charge is 0.322 e. The zero-order valence-electron chi connectivity index (χ0n) is 16.1. The van der Waals surface area contributed by atoms with E-state index in [1.807, 2.05) is 31.2 Å². The van der Waals surface area contributed by atoms with Gasteiger partial charge in [0.2, 0.25) is 0 Å². The third-order valence-corrected chi connectivity index (χ3v) is 6.96. The van der Waals surface area contributed by atoms with Crippen LogP contribution in [0.3, 0.4) is 0 Å². The second-order valence-electron chi connectivity index (χ2n) is 7.11. The highest BCUT2D eigenvalue weighted by Crippen LogP contribution is 2.33. The molecular weight excluding hydrogens is 384 g/mol. The van der Waals surface area contributed by atoms with Gasteiger partial charge in [0.15, 0.2) is 0 Å². The summed E-state index contributed by atoms with van der Waals surface area (Å²) in [5.41, 5.74) is 3.78. The highest BCUT2D eigenvalue weighted by Gasteiger charge is 2.29. The summed E-state index contributed by atoms with van der Waals surface area (Å²) in [7, 11) is -3.61. The summed E-state index contributed by atoms with van der Waals surface area (Å²) < 4.78 is 27.6. The van der Waals surface area contributed by atoms with Gasteiger partial charge in [-0.15, -0.1) is 0 Å². The van der Waals surface area contributed by atoms with E-state index in [0.29, 0.717) is 23.5 Å². The highest BCUT2D eigenvalue weighted by molar-refractivity contribution is 7.92. The number of benzene rings is 3. The molecule has 3 aromatic carbocycles. The van der Waals surface area contributed by atoms with Crippen LogP contribution in [-0.2, 0) is 16.4 Å². The molecule has 0 aromatic heterocycles. The first-order valence-electron chi connectivity index (χ1n) is 9.54. The van der Waals surface area contributed by atoms with Gasteiger partial charge < -0.3 is 5.32 Å². The summed E-state index contributed by atoms with van der Waals surface area (Å²) in [5.74, 6) is -0.173. The number of sulfonamides is 1. The van der Waals surface area contributed by atoms with Crippen LogP contribution in [0.25, 0.3) is 0 Å². The molecule has 0 bridgehead atoms. The molecule has 1 heterocycles. The maximum absolute atomic E-state index is 13.1. The fraction of sp³-hybridized carbons (Fsp3) is 0.174. The lowest BCUT2D eigenvalue weighted by Crippen LogP contribution is -2.35. The maximum atomic E-state index is 13.1. The van der Waals surface area contributed by atoms with Gasteiger partial charge in [-0.25, -0.2) is 8.42 Å². The lowest BCUT2D eigenvalue weighted by atomic mass is 10.0. The standard InChI is InChI=1S/C23H22N2O3S/c1-17-8-5-6-12-21(17)23(26)24-19-13-14-22-18(16-19)9-7-15-25(22)29(27,28)20-10-3-2-4-11-20/h2-6,8,10-14,16H,7,9,15H2,1H3,(H,24,26). The van der Waals surface area contributed by atoms with E-state index in [1.54, 1.807) is 48.5 Å². The molecule has 5 nitrogen and oxygen atoms in total. The van der Waals surface area contributed by atoms with Gasteiger partial charge in [0.25, 0.3) is 15.9 Å². The predicted molar refractivity (Wildman–Crippen MR) is 115 cm³/mol. The van der Waals surface area contributed by atoms with E-state index in [0.717, 1.165) is 24.0 Å². The summed E-state index contributed by atoms with van der Waals surface area (Å²) in [6.07, 6.45) is 1.50. The lowest BCUT2D eigenvalue weighted by Gasteiger charge is -2.31. The molecule has 1 aliphatic heterocycles. The Morgan fingerprint density at radius 3 is 2.45 bits per heavy atom. The monoisotopic (exact) mass is 406 g/mol. The molecule has 0 radical (unpaired) electrons. The number of amides is 1. The van der Waals surface area contributed by atoms with Crippen molar-refractivity contribution in [3.63, 3.8) is 0 Å². The molecule has 4 rings (SSSR count). The van der Waals surface area contributed by atoms with E-state index in [-0.39, 0.29) is 10.8 Å². The number of aryl methyl sites for hydroxylation is 2. The first-order valence-corrected chi connectivity index (χ1v) is 11.0. The smallest absolute Gasteiger partial charge is 0.264 e. The Morgan fingerprint density at radius 2 is 1.69 bits per heavy atom. The topological polar surface area (TPSA) is 66.5 Å². The fourth-order valence-corrected chi connectivity index (χ4v) is 5.20. The first-order chi connectivity index (χ1) is 14.0. The Kier molecular flexibility index (Phi) is 5.11. The van der Waals surface area contributed by atoms with Crippen molar-refractivity contribution in [1.82, 2.24) is 0 Å². The quantitative estimate of drug-likeness (QED) is 0.699. The number of rotatable bonds is 4. The molecule has 0 atom stereocenters. The second-order valence-corrected chi connectivity index (χ2v) is 8.97. The molecule has 148 valence electrons. The average molecular weight is 407 g/mol. The Morgan fingerprint density at radius 1 is 0.966 bits per heavy atom. The minimum absolute atomic E-state index is 0.173. The zero-order chi connectivity index (χ0) is 20.4. The average Bonchev–Trinajstić information content (AvgIpc) is 2.74. The van der Waals surface area contributed by atoms with Crippen molar-refractivity contribution in [2.45, 2.75) is 24.7 Å². The van der Waals surface area contributed by atoms with Gasteiger partial charge in [-0.05, 0) is 67.3 Å². The van der Waals surface area contributed by atoms with Gasteiger partial charge in [-0.1, -0.05) is 36.4 Å². The predicted octanol–water partition coefficient (Wildman–Crippen LogP) is 4.39. The molecule has 0 aliphatic carbocycles. The number of fused-ring (bicyclic) bond motifs is 1. The number of nitrogens with one attached hydrogen (secondary N) is 1. The van der Waals surface area contributed by atoms with Crippen LogP contribution in [0.15, 0.2) is 77.7 Å². The molecule has 0 spiro atoms. The second kappa shape index (κ2) is 7.72. The van der Waals surface area contributed by atoms with E-state index in [4.69, 9.17) is 0 Å². The minimum atomic E-state index is -3.61. The summed E-state index contributed by atoms with van der Waals surface area (Å²) in [4.78, 5) is 12.9. The van der Waals surface area contributed by atoms with E-state index in [2.05, 4.69) is 5.32 Å². The van der Waals surface area contributed by atoms with E-state index < -0.39 is 10.0 Å². The number of hydrogen-bond donors (Lipinski definition) is 1. The molecule has 0 saturated carbocycles. The molecule has 6 heteroatoms. The molecule has 1 N–H and O–H groups in total. The summed E-state index contributed by atoms with van der Waals surface area (Å²) >= 11 is 0. The van der Waals surface area contributed by atoms with Crippen LogP contribution >= 0.6 is 0 Å². The summed E-state index contributed by atoms with van der Waals surface area (Å²) in [5, 5.41) is 2.93. The maximum Gasteiger partial charge on any atom is 0.264 e. The molecule has 3 aromatic rings. The van der Waals surface area contributed by atoms with Crippen molar-refractivity contribution in [2.75, 3.05) is 16.2 Å². The Bertz CT molecular complexity index is 1160. The molecule has 0 fully saturated rings. The van der Waals surface area contributed by atoms with Crippen molar-refractivity contribution in [3.05, 3.63) is 89.5 Å². The SMILES string of the molecule is Cc1ccccc1C(=O)Nc1ccc2c(c1)CCCN2S(=O)(=O)c1ccccc1. The molecule has 0 unspecified atom stereocenters. The van der Waals surface area contributed by atoms with Crippen LogP contribution in [-0.4, -0.2) is 20.9 Å². The Hall–Kier alpha value is -3.12. The van der Waals surface area contributed by atoms with Gasteiger partial charge in [0.1, 0.15) is 0 Å². The van der Waals surface area contributed by atoms with Gasteiger partial charge in [-0.2, -0.15) is 0 Å². The summed E-state index contributed by atoms with van der Waals surface area (Å²) in [6.45, 7) is 2.34. The Balaban J connectivity index is 1.62. The van der Waals surface area contributed by atoms with Crippen LogP contribution in [0.5, 0.6) is 0 Å². The molecule has 1 amide bonds. The molecule has 1 aliphatic rings. The van der Waals surface area contributed by atoms with Crippen LogP contribution in [0.4, 0.5) is 11.4 Å². The molecule has 0 saturated heterocycles. The van der Waals surface area contributed by atoms with E-state index in [9.17, 15) is 13.2 Å². The van der Waals surface area contributed by atoms with E-state index in [1.165, 1.54) is 4.31 Å². The van der Waals surface area contributed by atoms with Crippen LogP contribution in [0, 0.1) is 6.92 Å². The van der Waals surface area contributed by atoms with Crippen LogP contribution < -0.4 is 9.62 Å². The van der Waals surface area contributed by atoms with Gasteiger partial charge in [0.05, 0.1) is 10.6 Å². The van der Waals surface area contributed by atoms with Crippen molar-refractivity contribution in [3.8, 4) is 0 Å². The lowest BCUT2D eigenvalue weighted by molar-refractivity contribution is 0.102. The van der Waals surface area contributed by atoms with Crippen molar-refractivity contribution in [1.29, 1.82) is 0 Å². The first kappa shape index (κ1) is 19.2. The van der Waals surface area contributed by atoms with Crippen LogP contribution in [0.1, 0.15) is 27.9 Å². The number of nitrogens with zero attached hydrogens (tertiary/aromatic N) is 1. The van der Waals surface area contributed by atoms with Crippen molar-refractivity contribution in [2.24, 2.45) is 0 Å². The Labute approximate surface area is 171 Å². The zero-order valence-corrected chi connectivity index (χ0v) is 16.9. The number of carbonyl (C=O) groups is 1. The molecule has 29 heavy (non-hydrogen) atoms. The third kappa shape index (κ3) is 3.76. The summed E-state index contributed by atoms with van der Waals surface area (Å²) in [6, 6.07) is 21.3. The number of hydrogen-bond acceptors (Lipinski definition) is 3. The normalized spacial score (nSPS) is 13.6. The van der Waals surface area contributed by atoms with Gasteiger partial charge >= 0.3 is 0 Å². The van der Waals surface area contributed by atoms with Crippen LogP contribution in [0.2, 0.25) is 0 Å². The van der Waals surface area contributed by atoms with Gasteiger partial charge in [-0.3, -0.25) is 9.10 Å². The molecular formula is C23H22N2O3S. The minimum Gasteiger partial charge on any atom is -0.322 e. The fourth-order valence-electron chi connectivity index (χ4n) is 3.64. The van der Waals surface area contributed by atoms with Crippen molar-refractivity contribution >= 4 is 27.3 Å². The van der Waals surface area contributed by atoms with E-state index >= 15 is 0 Å².